The summed E-state index contributed by atoms with van der Waals surface area (Å²) < 4.78 is 1.33. The molecule has 10 heteroatoms. The van der Waals surface area contributed by atoms with Crippen molar-refractivity contribution < 1.29 is 0 Å². The number of anilines is 3. The maximum Gasteiger partial charge on any atom is 0.282 e. The van der Waals surface area contributed by atoms with E-state index < -0.39 is 0 Å². The summed E-state index contributed by atoms with van der Waals surface area (Å²) in [4.78, 5) is 28.5. The van der Waals surface area contributed by atoms with Crippen molar-refractivity contribution in [3.05, 3.63) is 87.6 Å². The van der Waals surface area contributed by atoms with Crippen LogP contribution in [0.1, 0.15) is 13.8 Å². The highest BCUT2D eigenvalue weighted by atomic mass is 35.5. The smallest absolute Gasteiger partial charge is 0.282 e. The number of para-hydroxylation sites is 1. The molecule has 1 aliphatic rings. The predicted molar refractivity (Wildman–Crippen MR) is 160 cm³/mol. The minimum Gasteiger partial charge on any atom is -0.369 e. The first-order valence-corrected chi connectivity index (χ1v) is 14.2. The van der Waals surface area contributed by atoms with Gasteiger partial charge in [0, 0.05) is 49.8 Å². The van der Waals surface area contributed by atoms with Gasteiger partial charge in [-0.05, 0) is 61.7 Å². The third kappa shape index (κ3) is 5.13. The van der Waals surface area contributed by atoms with Gasteiger partial charge in [-0.25, -0.2) is 9.97 Å². The van der Waals surface area contributed by atoms with Crippen molar-refractivity contribution in [2.24, 2.45) is 0 Å². The second-order valence-electron chi connectivity index (χ2n) is 9.74. The van der Waals surface area contributed by atoms with E-state index in [1.54, 1.807) is 18.3 Å². The summed E-state index contributed by atoms with van der Waals surface area (Å²) in [5.74, 6) is 0.398. The molecule has 39 heavy (non-hydrogen) atoms. The zero-order chi connectivity index (χ0) is 26.9. The molecule has 4 heterocycles. The van der Waals surface area contributed by atoms with E-state index in [2.05, 4.69) is 46.1 Å². The second-order valence-corrected chi connectivity index (χ2v) is 11.1. The number of benzene rings is 2. The van der Waals surface area contributed by atoms with Crippen molar-refractivity contribution in [2.45, 2.75) is 19.9 Å². The Morgan fingerprint density at radius 1 is 0.974 bits per heavy atom. The summed E-state index contributed by atoms with van der Waals surface area (Å²) in [6.45, 7) is 8.67. The molecule has 198 valence electrons. The summed E-state index contributed by atoms with van der Waals surface area (Å²) in [6, 6.07) is 19.9. The number of aromatic nitrogens is 4. The third-order valence-corrected chi connectivity index (χ3v) is 8.20. The molecule has 1 saturated heterocycles. The van der Waals surface area contributed by atoms with Gasteiger partial charge in [0.05, 0.1) is 21.0 Å². The number of hydrogen-bond donors (Lipinski definition) is 1. The molecule has 0 radical (unpaired) electrons. The third-order valence-electron chi connectivity index (χ3n) is 7.00. The van der Waals surface area contributed by atoms with Crippen LogP contribution >= 0.6 is 22.9 Å². The number of thiophene rings is 1. The Morgan fingerprint density at radius 2 is 1.74 bits per heavy atom. The van der Waals surface area contributed by atoms with Gasteiger partial charge in [0.2, 0.25) is 5.95 Å². The van der Waals surface area contributed by atoms with Gasteiger partial charge < -0.3 is 10.2 Å². The maximum atomic E-state index is 13.5. The Labute approximate surface area is 235 Å². The van der Waals surface area contributed by atoms with Gasteiger partial charge in [0.15, 0.2) is 0 Å². The molecule has 0 unspecified atom stereocenters. The van der Waals surface area contributed by atoms with Crippen molar-refractivity contribution in [2.75, 3.05) is 36.4 Å². The quantitative estimate of drug-likeness (QED) is 0.281. The van der Waals surface area contributed by atoms with Gasteiger partial charge >= 0.3 is 0 Å². The van der Waals surface area contributed by atoms with Gasteiger partial charge in [0.1, 0.15) is 11.2 Å². The fourth-order valence-electron chi connectivity index (χ4n) is 4.83. The Balaban J connectivity index is 1.31. The number of fused-ring (bicyclic) bond motifs is 1. The maximum absolute atomic E-state index is 13.5. The molecule has 0 atom stereocenters. The highest BCUT2D eigenvalue weighted by Crippen LogP contribution is 2.30. The predicted octanol–water partition coefficient (Wildman–Crippen LogP) is 5.83. The lowest BCUT2D eigenvalue weighted by Gasteiger charge is -2.38. The molecule has 1 N–H and O–H groups in total. The van der Waals surface area contributed by atoms with Gasteiger partial charge in [0.25, 0.3) is 5.56 Å². The highest BCUT2D eigenvalue weighted by Gasteiger charge is 2.20. The van der Waals surface area contributed by atoms with Crippen LogP contribution in [-0.4, -0.2) is 56.9 Å². The van der Waals surface area contributed by atoms with E-state index in [9.17, 15) is 4.79 Å². The van der Waals surface area contributed by atoms with Crippen molar-refractivity contribution in [1.82, 2.24) is 24.6 Å². The van der Waals surface area contributed by atoms with Crippen LogP contribution in [0, 0.1) is 0 Å². The Kier molecular flexibility index (Phi) is 7.03. The van der Waals surface area contributed by atoms with Crippen LogP contribution in [0.5, 0.6) is 0 Å². The van der Waals surface area contributed by atoms with Crippen molar-refractivity contribution in [3.8, 4) is 16.3 Å². The van der Waals surface area contributed by atoms with Crippen LogP contribution in [0.25, 0.3) is 27.2 Å². The van der Waals surface area contributed by atoms with Crippen molar-refractivity contribution >= 4 is 51.2 Å². The normalized spacial score (nSPS) is 14.3. The molecule has 0 bridgehead atoms. The fraction of sp³-hybridized carbons (Fsp3) is 0.241. The number of hydrogen-bond acceptors (Lipinski definition) is 8. The molecule has 0 amide bonds. The molecule has 1 fully saturated rings. The van der Waals surface area contributed by atoms with Crippen molar-refractivity contribution in [1.29, 1.82) is 0 Å². The van der Waals surface area contributed by atoms with E-state index in [1.807, 2.05) is 41.8 Å². The number of nitrogens with one attached hydrogen (secondary N) is 1. The lowest BCUT2D eigenvalue weighted by atomic mass is 10.2. The second kappa shape index (κ2) is 10.8. The van der Waals surface area contributed by atoms with Gasteiger partial charge in [-0.1, -0.05) is 29.8 Å². The standard InChI is InChI=1S/C29H28ClN7OS/c1-19(2)35-13-15-36(16-14-35)21-11-9-20(10-12-21)32-29-31-18-22-26(33-29)27(25-8-5-17-39-25)34-37(28(22)38)24-7-4-3-6-23(24)30/h3-12,17-19H,13-16H2,1-2H3,(H,31,32,33). The summed E-state index contributed by atoms with van der Waals surface area (Å²) in [7, 11) is 0. The Morgan fingerprint density at radius 3 is 2.44 bits per heavy atom. The summed E-state index contributed by atoms with van der Waals surface area (Å²) >= 11 is 7.94. The molecular formula is C29H28ClN7OS. The van der Waals surface area contributed by atoms with E-state index in [0.717, 1.165) is 36.7 Å². The number of rotatable bonds is 6. The largest absolute Gasteiger partial charge is 0.369 e. The minimum absolute atomic E-state index is 0.327. The molecular weight excluding hydrogens is 530 g/mol. The number of piperazine rings is 1. The van der Waals surface area contributed by atoms with Crippen molar-refractivity contribution in [3.63, 3.8) is 0 Å². The summed E-state index contributed by atoms with van der Waals surface area (Å²) in [5, 5.41) is 10.8. The SMILES string of the molecule is CC(C)N1CCN(c2ccc(Nc3ncc4c(=O)n(-c5ccccc5Cl)nc(-c5cccs5)c4n3)cc2)CC1. The van der Waals surface area contributed by atoms with Crippen LogP contribution < -0.4 is 15.8 Å². The lowest BCUT2D eigenvalue weighted by molar-refractivity contribution is 0.209. The van der Waals surface area contributed by atoms with Crippen LogP contribution in [0.4, 0.5) is 17.3 Å². The van der Waals surface area contributed by atoms with E-state index in [1.165, 1.54) is 21.7 Å². The Bertz CT molecular complexity index is 1660. The van der Waals surface area contributed by atoms with Gasteiger partial charge in [-0.15, -0.1) is 11.3 Å². The average molecular weight is 558 g/mol. The molecule has 8 nitrogen and oxygen atoms in total. The van der Waals surface area contributed by atoms with E-state index >= 15 is 0 Å². The number of halogens is 1. The van der Waals surface area contributed by atoms with Gasteiger partial charge in [-0.3, -0.25) is 9.69 Å². The first-order chi connectivity index (χ1) is 19.0. The molecule has 5 aromatic rings. The molecule has 0 saturated carbocycles. The average Bonchev–Trinajstić information content (AvgIpc) is 3.49. The number of nitrogens with zero attached hydrogens (tertiary/aromatic N) is 6. The zero-order valence-corrected chi connectivity index (χ0v) is 23.3. The first-order valence-electron chi connectivity index (χ1n) is 12.9. The topological polar surface area (TPSA) is 79.2 Å². The first kappa shape index (κ1) is 25.5. The van der Waals surface area contributed by atoms with E-state index in [4.69, 9.17) is 21.7 Å². The lowest BCUT2D eigenvalue weighted by Crippen LogP contribution is -2.48. The molecule has 1 aliphatic heterocycles. The molecule has 2 aromatic carbocycles. The zero-order valence-electron chi connectivity index (χ0n) is 21.7. The van der Waals surface area contributed by atoms with E-state index in [0.29, 0.717) is 39.3 Å². The van der Waals surface area contributed by atoms with Crippen LogP contribution in [0.2, 0.25) is 5.02 Å². The van der Waals surface area contributed by atoms with E-state index in [-0.39, 0.29) is 5.56 Å². The minimum atomic E-state index is -0.327. The molecule has 6 rings (SSSR count). The summed E-state index contributed by atoms with van der Waals surface area (Å²) in [6.07, 6.45) is 1.56. The molecule has 0 spiro atoms. The molecule has 0 aliphatic carbocycles. The Hall–Kier alpha value is -3.79. The summed E-state index contributed by atoms with van der Waals surface area (Å²) in [5.41, 5.74) is 3.34. The van der Waals surface area contributed by atoms with Crippen LogP contribution in [0.3, 0.4) is 0 Å². The fourth-order valence-corrected chi connectivity index (χ4v) is 5.76. The molecule has 3 aromatic heterocycles. The van der Waals surface area contributed by atoms with Crippen LogP contribution in [0.15, 0.2) is 77.0 Å². The highest BCUT2D eigenvalue weighted by molar-refractivity contribution is 7.13. The van der Waals surface area contributed by atoms with Gasteiger partial charge in [-0.2, -0.15) is 9.78 Å². The monoisotopic (exact) mass is 557 g/mol. The van der Waals surface area contributed by atoms with Crippen LogP contribution in [-0.2, 0) is 0 Å².